The molecule has 4 heterocycles. The molecule has 4 rings (SSSR count). The zero-order chi connectivity index (χ0) is 17.4. The van der Waals surface area contributed by atoms with Gasteiger partial charge in [0, 0.05) is 30.7 Å². The SMILES string of the molecule is Cc1cn[nH]c1C[C@@H]1CCCN(C(=O)c2cn3c(C)cccc3n2)C1. The average Bonchev–Trinajstić information content (AvgIpc) is 3.22. The van der Waals surface area contributed by atoms with E-state index in [1.54, 1.807) is 0 Å². The maximum atomic E-state index is 12.9. The quantitative estimate of drug-likeness (QED) is 0.799. The summed E-state index contributed by atoms with van der Waals surface area (Å²) in [5.41, 5.74) is 4.81. The first-order valence-corrected chi connectivity index (χ1v) is 8.84. The molecule has 1 N–H and O–H groups in total. The van der Waals surface area contributed by atoms with Gasteiger partial charge in [-0.1, -0.05) is 6.07 Å². The lowest BCUT2D eigenvalue weighted by molar-refractivity contribution is 0.0667. The van der Waals surface area contributed by atoms with Crippen LogP contribution in [0, 0.1) is 19.8 Å². The predicted molar refractivity (Wildman–Crippen MR) is 95.6 cm³/mol. The number of hydrogen-bond acceptors (Lipinski definition) is 3. The number of aromatic amines is 1. The van der Waals surface area contributed by atoms with Crippen LogP contribution in [-0.4, -0.2) is 43.5 Å². The number of fused-ring (bicyclic) bond motifs is 1. The van der Waals surface area contributed by atoms with Gasteiger partial charge in [0.1, 0.15) is 11.3 Å². The van der Waals surface area contributed by atoms with Gasteiger partial charge in [-0.3, -0.25) is 9.89 Å². The molecule has 1 amide bonds. The van der Waals surface area contributed by atoms with Gasteiger partial charge in [0.05, 0.1) is 6.20 Å². The highest BCUT2D eigenvalue weighted by molar-refractivity contribution is 5.93. The van der Waals surface area contributed by atoms with Crippen LogP contribution in [-0.2, 0) is 6.42 Å². The minimum absolute atomic E-state index is 0.0362. The number of nitrogens with zero attached hydrogens (tertiary/aromatic N) is 4. The van der Waals surface area contributed by atoms with E-state index >= 15 is 0 Å². The molecule has 1 fully saturated rings. The third-order valence-electron chi connectivity index (χ3n) is 5.15. The lowest BCUT2D eigenvalue weighted by atomic mass is 9.92. The van der Waals surface area contributed by atoms with Crippen molar-refractivity contribution in [3.63, 3.8) is 0 Å². The van der Waals surface area contributed by atoms with Crippen LogP contribution in [0.3, 0.4) is 0 Å². The normalized spacial score (nSPS) is 18.0. The summed E-state index contributed by atoms with van der Waals surface area (Å²) in [5, 5.41) is 7.19. The van der Waals surface area contributed by atoms with Crippen molar-refractivity contribution >= 4 is 11.6 Å². The van der Waals surface area contributed by atoms with Gasteiger partial charge in [-0.25, -0.2) is 4.98 Å². The molecule has 0 aromatic carbocycles. The Labute approximate surface area is 146 Å². The second-order valence-electron chi connectivity index (χ2n) is 7.02. The van der Waals surface area contributed by atoms with Crippen molar-refractivity contribution in [2.75, 3.05) is 13.1 Å². The summed E-state index contributed by atoms with van der Waals surface area (Å²) >= 11 is 0. The van der Waals surface area contributed by atoms with Gasteiger partial charge in [-0.05, 0) is 56.7 Å². The first kappa shape index (κ1) is 15.9. The Morgan fingerprint density at radius 3 is 3.00 bits per heavy atom. The Bertz CT molecular complexity index is 910. The molecule has 0 spiro atoms. The van der Waals surface area contributed by atoms with Gasteiger partial charge in [0.2, 0.25) is 0 Å². The Balaban J connectivity index is 1.51. The van der Waals surface area contributed by atoms with E-state index in [0.29, 0.717) is 11.6 Å². The van der Waals surface area contributed by atoms with Gasteiger partial charge < -0.3 is 9.30 Å². The number of aromatic nitrogens is 4. The molecule has 0 radical (unpaired) electrons. The van der Waals surface area contributed by atoms with Gasteiger partial charge in [-0.15, -0.1) is 0 Å². The lowest BCUT2D eigenvalue weighted by Crippen LogP contribution is -2.40. The van der Waals surface area contributed by atoms with Crippen LogP contribution in [0.25, 0.3) is 5.65 Å². The molecule has 6 heteroatoms. The minimum Gasteiger partial charge on any atom is -0.337 e. The Hall–Kier alpha value is -2.63. The van der Waals surface area contributed by atoms with E-state index in [1.807, 2.05) is 46.8 Å². The number of pyridine rings is 1. The Morgan fingerprint density at radius 1 is 1.36 bits per heavy atom. The summed E-state index contributed by atoms with van der Waals surface area (Å²) in [6.45, 7) is 5.68. The highest BCUT2D eigenvalue weighted by atomic mass is 16.2. The zero-order valence-electron chi connectivity index (χ0n) is 14.7. The van der Waals surface area contributed by atoms with Crippen molar-refractivity contribution in [3.05, 3.63) is 53.2 Å². The molecule has 1 atom stereocenters. The smallest absolute Gasteiger partial charge is 0.274 e. The van der Waals surface area contributed by atoms with Crippen LogP contribution in [0.5, 0.6) is 0 Å². The van der Waals surface area contributed by atoms with Crippen molar-refractivity contribution in [2.45, 2.75) is 33.1 Å². The summed E-state index contributed by atoms with van der Waals surface area (Å²) < 4.78 is 1.97. The van der Waals surface area contributed by atoms with Crippen LogP contribution >= 0.6 is 0 Å². The molecule has 0 saturated carbocycles. The highest BCUT2D eigenvalue weighted by Crippen LogP contribution is 2.23. The van der Waals surface area contributed by atoms with Crippen LogP contribution in [0.15, 0.2) is 30.6 Å². The monoisotopic (exact) mass is 337 g/mol. The number of H-pyrrole nitrogens is 1. The number of rotatable bonds is 3. The molecule has 1 aliphatic heterocycles. The Kier molecular flexibility index (Phi) is 4.03. The van der Waals surface area contributed by atoms with E-state index in [9.17, 15) is 4.79 Å². The molecule has 1 aliphatic rings. The fourth-order valence-corrected chi connectivity index (χ4v) is 3.70. The van der Waals surface area contributed by atoms with Gasteiger partial charge >= 0.3 is 0 Å². The lowest BCUT2D eigenvalue weighted by Gasteiger charge is -2.32. The summed E-state index contributed by atoms with van der Waals surface area (Å²) in [7, 11) is 0. The average molecular weight is 337 g/mol. The molecular formula is C19H23N5O. The third kappa shape index (κ3) is 3.04. The number of piperidine rings is 1. The highest BCUT2D eigenvalue weighted by Gasteiger charge is 2.26. The van der Waals surface area contributed by atoms with Crippen molar-refractivity contribution in [1.29, 1.82) is 0 Å². The fraction of sp³-hybridized carbons (Fsp3) is 0.421. The van der Waals surface area contributed by atoms with E-state index in [0.717, 1.165) is 43.7 Å². The van der Waals surface area contributed by atoms with Crippen molar-refractivity contribution < 1.29 is 4.79 Å². The maximum Gasteiger partial charge on any atom is 0.274 e. The van der Waals surface area contributed by atoms with Crippen LogP contribution in [0.4, 0.5) is 0 Å². The number of amides is 1. The summed E-state index contributed by atoms with van der Waals surface area (Å²) in [6.07, 6.45) is 6.85. The van der Waals surface area contributed by atoms with E-state index in [1.165, 1.54) is 11.3 Å². The first-order valence-electron chi connectivity index (χ1n) is 8.84. The minimum atomic E-state index is 0.0362. The number of aryl methyl sites for hydroxylation is 2. The molecule has 0 aliphatic carbocycles. The number of carbonyl (C=O) groups is 1. The molecule has 1 saturated heterocycles. The molecule has 3 aromatic rings. The van der Waals surface area contributed by atoms with E-state index in [-0.39, 0.29) is 5.91 Å². The van der Waals surface area contributed by atoms with Crippen molar-refractivity contribution in [3.8, 4) is 0 Å². The molecular weight excluding hydrogens is 314 g/mol. The van der Waals surface area contributed by atoms with E-state index < -0.39 is 0 Å². The molecule has 3 aromatic heterocycles. The predicted octanol–water partition coefficient (Wildman–Crippen LogP) is 2.77. The molecule has 6 nitrogen and oxygen atoms in total. The van der Waals surface area contributed by atoms with Gasteiger partial charge in [0.25, 0.3) is 5.91 Å². The Morgan fingerprint density at radius 2 is 2.24 bits per heavy atom. The molecule has 0 unspecified atom stereocenters. The topological polar surface area (TPSA) is 66.3 Å². The number of carbonyl (C=O) groups excluding carboxylic acids is 1. The summed E-state index contributed by atoms with van der Waals surface area (Å²) in [6, 6.07) is 5.92. The third-order valence-corrected chi connectivity index (χ3v) is 5.15. The largest absolute Gasteiger partial charge is 0.337 e. The van der Waals surface area contributed by atoms with Gasteiger partial charge in [-0.2, -0.15) is 5.10 Å². The molecule has 130 valence electrons. The zero-order valence-corrected chi connectivity index (χ0v) is 14.7. The first-order chi connectivity index (χ1) is 12.1. The van der Waals surface area contributed by atoms with Gasteiger partial charge in [0.15, 0.2) is 0 Å². The standard InChI is InChI=1S/C19H23N5O/c1-13-10-20-22-16(13)9-15-6-4-8-23(11-15)19(25)17-12-24-14(2)5-3-7-18(24)21-17/h3,5,7,10,12,15H,4,6,8-9,11H2,1-2H3,(H,20,22)/t15-/m0/s1. The van der Waals surface area contributed by atoms with Crippen LogP contribution < -0.4 is 0 Å². The maximum absolute atomic E-state index is 12.9. The van der Waals surface area contributed by atoms with E-state index in [2.05, 4.69) is 22.1 Å². The number of nitrogens with one attached hydrogen (secondary N) is 1. The molecule has 25 heavy (non-hydrogen) atoms. The number of hydrogen-bond donors (Lipinski definition) is 1. The van der Waals surface area contributed by atoms with E-state index in [4.69, 9.17) is 0 Å². The number of likely N-dealkylation sites (tertiary alicyclic amines) is 1. The molecule has 0 bridgehead atoms. The second kappa shape index (κ2) is 6.35. The number of imidazole rings is 1. The van der Waals surface area contributed by atoms with Crippen molar-refractivity contribution in [2.24, 2.45) is 5.92 Å². The van der Waals surface area contributed by atoms with Crippen LogP contribution in [0.2, 0.25) is 0 Å². The second-order valence-corrected chi connectivity index (χ2v) is 7.02. The van der Waals surface area contributed by atoms with Crippen molar-refractivity contribution in [1.82, 2.24) is 24.5 Å². The summed E-state index contributed by atoms with van der Waals surface area (Å²) in [5.74, 6) is 0.504. The fourth-order valence-electron chi connectivity index (χ4n) is 3.70. The summed E-state index contributed by atoms with van der Waals surface area (Å²) in [4.78, 5) is 19.4. The van der Waals surface area contributed by atoms with Crippen LogP contribution in [0.1, 0.15) is 40.3 Å².